The van der Waals surface area contributed by atoms with Gasteiger partial charge in [-0.15, -0.1) is 0 Å². The van der Waals surface area contributed by atoms with Gasteiger partial charge in [0.2, 0.25) is 5.91 Å². The van der Waals surface area contributed by atoms with Crippen molar-refractivity contribution >= 4 is 5.91 Å². The van der Waals surface area contributed by atoms with Gasteiger partial charge in [0, 0.05) is 0 Å². The molecule has 2 saturated carbocycles. The summed E-state index contributed by atoms with van der Waals surface area (Å²) in [6.45, 7) is 0. The summed E-state index contributed by atoms with van der Waals surface area (Å²) in [5, 5.41) is 0. The van der Waals surface area contributed by atoms with Gasteiger partial charge in [-0.25, -0.2) is 0 Å². The third kappa shape index (κ3) is 1.26. The topological polar surface area (TPSA) is 43.1 Å². The SMILES string of the molecule is NC(=O)[CH]C1CC2CCC1C2. The molecule has 2 rings (SSSR count). The molecule has 2 nitrogen and oxygen atoms in total. The average molecular weight is 152 g/mol. The van der Waals surface area contributed by atoms with Crippen molar-refractivity contribution in [3.63, 3.8) is 0 Å². The van der Waals surface area contributed by atoms with Crippen LogP contribution in [0.25, 0.3) is 0 Å². The molecule has 0 aromatic carbocycles. The highest BCUT2D eigenvalue weighted by molar-refractivity contribution is 5.83. The number of carbonyl (C=O) groups is 1. The lowest BCUT2D eigenvalue weighted by molar-refractivity contribution is -0.115. The van der Waals surface area contributed by atoms with Crippen molar-refractivity contribution in [2.45, 2.75) is 25.7 Å². The van der Waals surface area contributed by atoms with Crippen molar-refractivity contribution in [3.8, 4) is 0 Å². The Kier molecular flexibility index (Phi) is 1.63. The Bertz CT molecular complexity index is 178. The first kappa shape index (κ1) is 7.14. The van der Waals surface area contributed by atoms with E-state index in [4.69, 9.17) is 5.73 Å². The standard InChI is InChI=1S/C9H14NO/c10-9(11)5-8-4-6-1-2-7(8)3-6/h5-8H,1-4H2,(H2,10,11). The van der Waals surface area contributed by atoms with Gasteiger partial charge in [-0.05, 0) is 37.0 Å². The predicted octanol–water partition coefficient (Wildman–Crippen LogP) is 1.11. The Balaban J connectivity index is 1.92. The van der Waals surface area contributed by atoms with Gasteiger partial charge in [-0.1, -0.05) is 6.42 Å². The van der Waals surface area contributed by atoms with Gasteiger partial charge in [0.25, 0.3) is 0 Å². The summed E-state index contributed by atoms with van der Waals surface area (Å²) in [4.78, 5) is 10.6. The second kappa shape index (κ2) is 2.50. The molecule has 2 N–H and O–H groups in total. The van der Waals surface area contributed by atoms with Gasteiger partial charge in [-0.3, -0.25) is 4.79 Å². The highest BCUT2D eigenvalue weighted by Gasteiger charge is 2.39. The van der Waals surface area contributed by atoms with Crippen molar-refractivity contribution in [1.82, 2.24) is 0 Å². The van der Waals surface area contributed by atoms with Gasteiger partial charge in [0.1, 0.15) is 0 Å². The predicted molar refractivity (Wildman–Crippen MR) is 42.4 cm³/mol. The summed E-state index contributed by atoms with van der Waals surface area (Å²) in [6.07, 6.45) is 6.98. The van der Waals surface area contributed by atoms with E-state index in [0.717, 1.165) is 11.8 Å². The quantitative estimate of drug-likeness (QED) is 0.633. The Morgan fingerprint density at radius 1 is 1.36 bits per heavy atom. The van der Waals surface area contributed by atoms with E-state index in [1.807, 2.05) is 0 Å². The van der Waals surface area contributed by atoms with Crippen LogP contribution in [0.4, 0.5) is 0 Å². The molecule has 0 heterocycles. The molecule has 3 unspecified atom stereocenters. The van der Waals surface area contributed by atoms with Gasteiger partial charge in [0.05, 0.1) is 6.42 Å². The second-order valence-corrected chi connectivity index (χ2v) is 3.91. The van der Waals surface area contributed by atoms with E-state index in [1.165, 1.54) is 25.7 Å². The van der Waals surface area contributed by atoms with Crippen molar-refractivity contribution in [3.05, 3.63) is 6.42 Å². The minimum absolute atomic E-state index is 0.234. The average Bonchev–Trinajstić information content (AvgIpc) is 2.45. The number of hydrogen-bond acceptors (Lipinski definition) is 1. The lowest BCUT2D eigenvalue weighted by Gasteiger charge is -2.19. The molecule has 2 aliphatic carbocycles. The molecule has 2 heteroatoms. The monoisotopic (exact) mass is 152 g/mol. The Morgan fingerprint density at radius 2 is 2.18 bits per heavy atom. The number of hydrogen-bond donors (Lipinski definition) is 1. The summed E-state index contributed by atoms with van der Waals surface area (Å²) in [5.74, 6) is 1.97. The van der Waals surface area contributed by atoms with Crippen molar-refractivity contribution in [2.75, 3.05) is 0 Å². The molecule has 0 spiro atoms. The normalized spacial score (nSPS) is 41.3. The number of nitrogens with two attached hydrogens (primary N) is 1. The van der Waals surface area contributed by atoms with E-state index in [-0.39, 0.29) is 5.91 Å². The van der Waals surface area contributed by atoms with Crippen LogP contribution in [-0.4, -0.2) is 5.91 Å². The zero-order valence-corrected chi connectivity index (χ0v) is 6.62. The molecule has 1 amide bonds. The van der Waals surface area contributed by atoms with Crippen molar-refractivity contribution < 1.29 is 4.79 Å². The molecule has 1 radical (unpaired) electrons. The smallest absolute Gasteiger partial charge is 0.221 e. The number of rotatable bonds is 2. The fourth-order valence-corrected chi connectivity index (χ4v) is 2.71. The van der Waals surface area contributed by atoms with Crippen LogP contribution in [0.1, 0.15) is 25.7 Å². The molecular formula is C9H14NO. The maximum atomic E-state index is 10.6. The van der Waals surface area contributed by atoms with E-state index in [2.05, 4.69) is 0 Å². The zero-order valence-electron chi connectivity index (χ0n) is 6.62. The van der Waals surface area contributed by atoms with Gasteiger partial charge in [-0.2, -0.15) is 0 Å². The van der Waals surface area contributed by atoms with E-state index in [1.54, 1.807) is 6.42 Å². The van der Waals surface area contributed by atoms with Crippen LogP contribution in [0.5, 0.6) is 0 Å². The highest BCUT2D eigenvalue weighted by Crippen LogP contribution is 2.49. The summed E-state index contributed by atoms with van der Waals surface area (Å²) < 4.78 is 0. The Hall–Kier alpha value is -0.530. The summed E-state index contributed by atoms with van der Waals surface area (Å²) in [5.41, 5.74) is 5.11. The molecule has 0 aromatic heterocycles. The molecule has 11 heavy (non-hydrogen) atoms. The zero-order chi connectivity index (χ0) is 7.84. The maximum Gasteiger partial charge on any atom is 0.221 e. The molecule has 2 fully saturated rings. The van der Waals surface area contributed by atoms with Crippen LogP contribution in [-0.2, 0) is 4.79 Å². The van der Waals surface area contributed by atoms with Gasteiger partial charge < -0.3 is 5.73 Å². The van der Waals surface area contributed by atoms with Crippen molar-refractivity contribution in [2.24, 2.45) is 23.5 Å². The molecule has 2 aliphatic rings. The van der Waals surface area contributed by atoms with Crippen LogP contribution in [0.15, 0.2) is 0 Å². The third-order valence-corrected chi connectivity index (χ3v) is 3.17. The fourth-order valence-electron chi connectivity index (χ4n) is 2.71. The largest absolute Gasteiger partial charge is 0.369 e. The van der Waals surface area contributed by atoms with Crippen LogP contribution >= 0.6 is 0 Å². The van der Waals surface area contributed by atoms with E-state index < -0.39 is 0 Å². The lowest BCUT2D eigenvalue weighted by Crippen LogP contribution is -2.21. The minimum atomic E-state index is -0.234. The fraction of sp³-hybridized carbons (Fsp3) is 0.778. The minimum Gasteiger partial charge on any atom is -0.369 e. The molecular weight excluding hydrogens is 138 g/mol. The Labute approximate surface area is 67.1 Å². The number of primary amides is 1. The molecule has 0 aliphatic heterocycles. The van der Waals surface area contributed by atoms with E-state index in [9.17, 15) is 4.79 Å². The van der Waals surface area contributed by atoms with Crippen LogP contribution in [0, 0.1) is 24.2 Å². The van der Waals surface area contributed by atoms with Gasteiger partial charge in [0.15, 0.2) is 0 Å². The Morgan fingerprint density at radius 3 is 2.64 bits per heavy atom. The molecule has 0 aromatic rings. The highest BCUT2D eigenvalue weighted by atomic mass is 16.1. The van der Waals surface area contributed by atoms with Gasteiger partial charge >= 0.3 is 0 Å². The first-order chi connectivity index (χ1) is 5.25. The molecule has 3 atom stereocenters. The first-order valence-electron chi connectivity index (χ1n) is 4.40. The van der Waals surface area contributed by atoms with E-state index in [0.29, 0.717) is 5.92 Å². The summed E-state index contributed by atoms with van der Waals surface area (Å²) >= 11 is 0. The lowest BCUT2D eigenvalue weighted by atomic mass is 9.86. The summed E-state index contributed by atoms with van der Waals surface area (Å²) in [6, 6.07) is 0. The number of fused-ring (bicyclic) bond motifs is 2. The van der Waals surface area contributed by atoms with Crippen LogP contribution in [0.2, 0.25) is 0 Å². The molecule has 2 bridgehead atoms. The van der Waals surface area contributed by atoms with Crippen molar-refractivity contribution in [1.29, 1.82) is 0 Å². The molecule has 0 saturated heterocycles. The summed E-state index contributed by atoms with van der Waals surface area (Å²) in [7, 11) is 0. The van der Waals surface area contributed by atoms with E-state index >= 15 is 0 Å². The van der Waals surface area contributed by atoms with Crippen LogP contribution < -0.4 is 5.73 Å². The number of amides is 1. The number of carbonyl (C=O) groups excluding carboxylic acids is 1. The first-order valence-corrected chi connectivity index (χ1v) is 4.40. The third-order valence-electron chi connectivity index (χ3n) is 3.17. The van der Waals surface area contributed by atoms with Crippen LogP contribution in [0.3, 0.4) is 0 Å². The second-order valence-electron chi connectivity index (χ2n) is 3.91. The maximum absolute atomic E-state index is 10.6. The molecule has 61 valence electrons.